The summed E-state index contributed by atoms with van der Waals surface area (Å²) in [4.78, 5) is 13.9. The Morgan fingerprint density at radius 2 is 2.47 bits per heavy atom. The Hall–Kier alpha value is -1.11. The van der Waals surface area contributed by atoms with Crippen LogP contribution in [0.25, 0.3) is 0 Å². The van der Waals surface area contributed by atoms with Crippen molar-refractivity contribution in [3.05, 3.63) is 21.6 Å². The minimum absolute atomic E-state index is 0.135. The predicted molar refractivity (Wildman–Crippen MR) is 74.9 cm³/mol. The Morgan fingerprint density at radius 3 is 3.11 bits per heavy atom. The lowest BCUT2D eigenvalue weighted by Crippen LogP contribution is -2.36. The number of nitrogens with one attached hydrogen (secondary N) is 1. The van der Waals surface area contributed by atoms with Gasteiger partial charge in [-0.15, -0.1) is 0 Å². The van der Waals surface area contributed by atoms with E-state index in [1.54, 1.807) is 6.20 Å². The van der Waals surface area contributed by atoms with Crippen molar-refractivity contribution < 1.29 is 5.11 Å². The summed E-state index contributed by atoms with van der Waals surface area (Å²) in [5.74, 6) is 0. The fraction of sp³-hybridized carbons (Fsp3) is 0.667. The summed E-state index contributed by atoms with van der Waals surface area (Å²) in [7, 11) is 1.90. The Kier molecular flexibility index (Phi) is 4.79. The van der Waals surface area contributed by atoms with Crippen molar-refractivity contribution >= 4 is 17.3 Å². The highest BCUT2D eigenvalue weighted by molar-refractivity contribution is 6.33. The zero-order valence-corrected chi connectivity index (χ0v) is 11.7. The Morgan fingerprint density at radius 1 is 1.68 bits per heavy atom. The molecule has 0 spiro atoms. The molecule has 0 radical (unpaired) electrons. The first-order chi connectivity index (χ1) is 9.13. The smallest absolute Gasteiger partial charge is 0.287 e. The lowest BCUT2D eigenvalue weighted by molar-refractivity contribution is 0.266. The lowest BCUT2D eigenvalue weighted by atomic mass is 10.2. The molecule has 106 valence electrons. The van der Waals surface area contributed by atoms with Gasteiger partial charge in [-0.2, -0.15) is 5.10 Å². The molecule has 0 aliphatic carbocycles. The molecule has 2 heterocycles. The lowest BCUT2D eigenvalue weighted by Gasteiger charge is -2.23. The first-order valence-electron chi connectivity index (χ1n) is 6.44. The number of rotatable bonds is 5. The summed E-state index contributed by atoms with van der Waals surface area (Å²) in [5, 5.41) is 16.4. The molecule has 1 aromatic heterocycles. The number of likely N-dealkylation sites (N-methyl/N-ethyl adjacent to an activating group) is 1. The van der Waals surface area contributed by atoms with E-state index in [2.05, 4.69) is 10.4 Å². The van der Waals surface area contributed by atoms with E-state index in [-0.39, 0.29) is 23.7 Å². The monoisotopic (exact) mass is 286 g/mol. The summed E-state index contributed by atoms with van der Waals surface area (Å²) in [6.45, 7) is 1.87. The van der Waals surface area contributed by atoms with E-state index >= 15 is 0 Å². The topological polar surface area (TPSA) is 70.4 Å². The third-order valence-corrected chi connectivity index (χ3v) is 3.70. The summed E-state index contributed by atoms with van der Waals surface area (Å²) >= 11 is 6.10. The van der Waals surface area contributed by atoms with Crippen LogP contribution in [0.4, 0.5) is 5.69 Å². The molecule has 0 saturated carbocycles. The molecule has 0 bridgehead atoms. The molecule has 0 aromatic carbocycles. The van der Waals surface area contributed by atoms with Crippen molar-refractivity contribution in [1.82, 2.24) is 15.1 Å². The van der Waals surface area contributed by atoms with Gasteiger partial charge in [0.05, 0.1) is 25.0 Å². The number of hydrogen-bond acceptors (Lipinski definition) is 5. The molecule has 1 fully saturated rings. The highest BCUT2D eigenvalue weighted by Gasteiger charge is 2.19. The van der Waals surface area contributed by atoms with Crippen LogP contribution in [-0.2, 0) is 6.54 Å². The molecule has 1 aliphatic heterocycles. The zero-order valence-electron chi connectivity index (χ0n) is 11.0. The molecule has 0 amide bonds. The summed E-state index contributed by atoms with van der Waals surface area (Å²) < 4.78 is 1.17. The fourth-order valence-electron chi connectivity index (χ4n) is 2.32. The van der Waals surface area contributed by atoms with Crippen LogP contribution in [-0.4, -0.2) is 47.7 Å². The van der Waals surface area contributed by atoms with E-state index in [1.165, 1.54) is 11.1 Å². The second-order valence-electron chi connectivity index (χ2n) is 4.77. The molecule has 19 heavy (non-hydrogen) atoms. The minimum atomic E-state index is -0.362. The second-order valence-corrected chi connectivity index (χ2v) is 5.15. The molecule has 1 atom stereocenters. The van der Waals surface area contributed by atoms with Gasteiger partial charge < -0.3 is 15.3 Å². The van der Waals surface area contributed by atoms with Crippen molar-refractivity contribution in [3.8, 4) is 0 Å². The maximum absolute atomic E-state index is 11.9. The highest BCUT2D eigenvalue weighted by Crippen LogP contribution is 2.20. The molecule has 2 rings (SSSR count). The summed E-state index contributed by atoms with van der Waals surface area (Å²) in [5.41, 5.74) is 0.272. The van der Waals surface area contributed by atoms with Gasteiger partial charge in [0.1, 0.15) is 5.02 Å². The fourth-order valence-corrected chi connectivity index (χ4v) is 2.61. The second kappa shape index (κ2) is 6.36. The molecule has 1 unspecified atom stereocenters. The Bertz CT molecular complexity index is 485. The molecule has 1 saturated heterocycles. The van der Waals surface area contributed by atoms with Crippen LogP contribution in [0.15, 0.2) is 11.0 Å². The molecular formula is C12H19ClN4O2. The van der Waals surface area contributed by atoms with Crippen molar-refractivity contribution in [1.29, 1.82) is 0 Å². The number of aliphatic hydroxyl groups is 1. The number of nitrogens with zero attached hydrogens (tertiary/aromatic N) is 3. The van der Waals surface area contributed by atoms with E-state index in [9.17, 15) is 4.79 Å². The maximum Gasteiger partial charge on any atom is 0.287 e. The zero-order chi connectivity index (χ0) is 13.8. The van der Waals surface area contributed by atoms with Crippen LogP contribution in [0.2, 0.25) is 5.02 Å². The first kappa shape index (κ1) is 14.3. The third-order valence-electron chi connectivity index (χ3n) is 3.35. The number of aromatic nitrogens is 2. The number of halogens is 1. The van der Waals surface area contributed by atoms with Gasteiger partial charge in [0.2, 0.25) is 0 Å². The van der Waals surface area contributed by atoms with Crippen molar-refractivity contribution in [3.63, 3.8) is 0 Å². The molecule has 1 aliphatic rings. The van der Waals surface area contributed by atoms with Crippen LogP contribution >= 0.6 is 11.6 Å². The summed E-state index contributed by atoms with van der Waals surface area (Å²) in [6.07, 6.45) is 3.90. The van der Waals surface area contributed by atoms with Gasteiger partial charge in [0.25, 0.3) is 5.56 Å². The van der Waals surface area contributed by atoms with E-state index in [0.29, 0.717) is 11.7 Å². The molecule has 1 aromatic rings. The van der Waals surface area contributed by atoms with Crippen LogP contribution in [0.1, 0.15) is 12.8 Å². The normalized spacial score (nSPS) is 18.8. The third kappa shape index (κ3) is 3.26. The maximum atomic E-state index is 11.9. The largest absolute Gasteiger partial charge is 0.394 e. The van der Waals surface area contributed by atoms with E-state index in [4.69, 9.17) is 16.7 Å². The number of hydrogen-bond donors (Lipinski definition) is 2. The molecular weight excluding hydrogens is 268 g/mol. The average molecular weight is 287 g/mol. The van der Waals surface area contributed by atoms with Crippen LogP contribution < -0.4 is 15.8 Å². The van der Waals surface area contributed by atoms with E-state index in [0.717, 1.165) is 19.5 Å². The van der Waals surface area contributed by atoms with Gasteiger partial charge in [0.15, 0.2) is 0 Å². The number of aliphatic hydroxyl groups excluding tert-OH is 1. The van der Waals surface area contributed by atoms with Gasteiger partial charge >= 0.3 is 0 Å². The van der Waals surface area contributed by atoms with Gasteiger partial charge in [-0.3, -0.25) is 4.79 Å². The standard InChI is InChI=1S/C12H19ClN4O2/c1-16(8-9-3-2-4-14-9)10-7-15-17(5-6-18)12(19)11(10)13/h7,9,14,18H,2-6,8H2,1H3. The van der Waals surface area contributed by atoms with Crippen molar-refractivity contribution in [2.45, 2.75) is 25.4 Å². The Balaban J connectivity index is 2.15. The van der Waals surface area contributed by atoms with Crippen LogP contribution in [0, 0.1) is 0 Å². The van der Waals surface area contributed by atoms with E-state index in [1.807, 2.05) is 11.9 Å². The van der Waals surface area contributed by atoms with Crippen LogP contribution in [0.5, 0.6) is 0 Å². The van der Waals surface area contributed by atoms with E-state index < -0.39 is 0 Å². The molecule has 6 nitrogen and oxygen atoms in total. The molecule has 7 heteroatoms. The van der Waals surface area contributed by atoms with Crippen molar-refractivity contribution in [2.24, 2.45) is 0 Å². The predicted octanol–water partition coefficient (Wildman–Crippen LogP) is 0.0772. The van der Waals surface area contributed by atoms with Gasteiger partial charge in [-0.25, -0.2) is 4.68 Å². The summed E-state index contributed by atoms with van der Waals surface area (Å²) in [6, 6.07) is 0.431. The minimum Gasteiger partial charge on any atom is -0.394 e. The first-order valence-corrected chi connectivity index (χ1v) is 6.82. The quantitative estimate of drug-likeness (QED) is 0.802. The average Bonchev–Trinajstić information content (AvgIpc) is 2.88. The van der Waals surface area contributed by atoms with Crippen LogP contribution in [0.3, 0.4) is 0 Å². The van der Waals surface area contributed by atoms with Gasteiger partial charge in [-0.05, 0) is 19.4 Å². The SMILES string of the molecule is CN(CC1CCCN1)c1cnn(CCO)c(=O)c1Cl. The molecule has 2 N–H and O–H groups in total. The Labute approximate surface area is 117 Å². The van der Waals surface area contributed by atoms with Crippen molar-refractivity contribution in [2.75, 3.05) is 31.6 Å². The van der Waals surface area contributed by atoms with Gasteiger partial charge in [0, 0.05) is 19.6 Å². The number of anilines is 1. The highest BCUT2D eigenvalue weighted by atomic mass is 35.5. The van der Waals surface area contributed by atoms with Gasteiger partial charge in [-0.1, -0.05) is 11.6 Å².